The van der Waals surface area contributed by atoms with Crippen molar-refractivity contribution >= 4 is 11.8 Å². The standard InChI is InChI=1S/C26H35FN4O2/c1-25(2,3)22-15-21-23(32)30(16-18-10-9-11-19(27)14-18)26(4,17-31(21)29-22)24(33)28-20-12-7-5-6-8-13-20/h9-11,14-15,20H,5-8,12-13,16-17H2,1-4H3,(H,28,33)/t26-/m0/s1. The van der Waals surface area contributed by atoms with Crippen LogP contribution in [0.25, 0.3) is 0 Å². The van der Waals surface area contributed by atoms with Gasteiger partial charge in [0.05, 0.1) is 12.2 Å². The molecule has 6 nitrogen and oxygen atoms in total. The molecule has 0 bridgehead atoms. The predicted octanol–water partition coefficient (Wildman–Crippen LogP) is 4.57. The first-order valence-corrected chi connectivity index (χ1v) is 12.0. The van der Waals surface area contributed by atoms with Crippen molar-refractivity contribution in [3.05, 3.63) is 53.1 Å². The summed E-state index contributed by atoms with van der Waals surface area (Å²) >= 11 is 0. The predicted molar refractivity (Wildman–Crippen MR) is 125 cm³/mol. The van der Waals surface area contributed by atoms with E-state index in [0.717, 1.165) is 31.4 Å². The summed E-state index contributed by atoms with van der Waals surface area (Å²) in [6.07, 6.45) is 6.51. The Hall–Kier alpha value is -2.70. The average Bonchev–Trinajstić information content (AvgIpc) is 3.01. The van der Waals surface area contributed by atoms with Gasteiger partial charge in [0.25, 0.3) is 5.91 Å². The fourth-order valence-electron chi connectivity index (χ4n) is 4.84. The highest BCUT2D eigenvalue weighted by Crippen LogP contribution is 2.32. The molecule has 2 amide bonds. The minimum absolute atomic E-state index is 0.118. The van der Waals surface area contributed by atoms with E-state index in [1.54, 1.807) is 28.6 Å². The maximum Gasteiger partial charge on any atom is 0.273 e. The second kappa shape index (κ2) is 8.92. The van der Waals surface area contributed by atoms with Gasteiger partial charge in [-0.25, -0.2) is 4.39 Å². The minimum Gasteiger partial charge on any atom is -0.351 e. The molecule has 1 atom stereocenters. The van der Waals surface area contributed by atoms with Gasteiger partial charge in [-0.15, -0.1) is 0 Å². The molecule has 0 radical (unpaired) electrons. The summed E-state index contributed by atoms with van der Waals surface area (Å²) in [5.41, 5.74) is 0.572. The van der Waals surface area contributed by atoms with Crippen molar-refractivity contribution in [3.8, 4) is 0 Å². The van der Waals surface area contributed by atoms with Crippen molar-refractivity contribution in [1.82, 2.24) is 20.0 Å². The molecule has 1 fully saturated rings. The Bertz CT molecular complexity index is 1030. The Morgan fingerprint density at radius 2 is 1.88 bits per heavy atom. The van der Waals surface area contributed by atoms with Crippen molar-refractivity contribution in [1.29, 1.82) is 0 Å². The van der Waals surface area contributed by atoms with Gasteiger partial charge in [0.1, 0.15) is 17.1 Å². The van der Waals surface area contributed by atoms with E-state index in [2.05, 4.69) is 5.32 Å². The number of nitrogens with one attached hydrogen (secondary N) is 1. The molecule has 0 saturated heterocycles. The number of fused-ring (bicyclic) bond motifs is 1. The van der Waals surface area contributed by atoms with Crippen molar-refractivity contribution in [2.45, 2.75) is 96.3 Å². The molecule has 2 aliphatic rings. The molecule has 1 N–H and O–H groups in total. The Morgan fingerprint density at radius 1 is 1.18 bits per heavy atom. The van der Waals surface area contributed by atoms with E-state index in [9.17, 15) is 14.0 Å². The highest BCUT2D eigenvalue weighted by molar-refractivity contribution is 5.99. The van der Waals surface area contributed by atoms with Crippen LogP contribution in [0.15, 0.2) is 30.3 Å². The molecule has 0 spiro atoms. The molecule has 1 saturated carbocycles. The van der Waals surface area contributed by atoms with Gasteiger partial charge in [-0.3, -0.25) is 14.3 Å². The average molecular weight is 455 g/mol. The summed E-state index contributed by atoms with van der Waals surface area (Å²) < 4.78 is 15.6. The number of halogens is 1. The summed E-state index contributed by atoms with van der Waals surface area (Å²) in [6, 6.07) is 8.15. The summed E-state index contributed by atoms with van der Waals surface area (Å²) in [7, 11) is 0. The molecule has 1 aromatic carbocycles. The third-order valence-electron chi connectivity index (χ3n) is 6.98. The van der Waals surface area contributed by atoms with Crippen LogP contribution in [0, 0.1) is 5.82 Å². The maximum absolute atomic E-state index is 13.9. The molecule has 4 rings (SSSR count). The summed E-state index contributed by atoms with van der Waals surface area (Å²) in [6.45, 7) is 8.37. The summed E-state index contributed by atoms with van der Waals surface area (Å²) in [5.74, 6) is -0.786. The molecule has 0 unspecified atom stereocenters. The Labute approximate surface area is 195 Å². The van der Waals surface area contributed by atoms with Crippen molar-refractivity contribution in [3.63, 3.8) is 0 Å². The SMILES string of the molecule is CC(C)(C)c1cc2n(n1)C[C@@](C)(C(=O)NC1CCCCCC1)N(Cc1cccc(F)c1)C2=O. The Balaban J connectivity index is 1.69. The smallest absolute Gasteiger partial charge is 0.273 e. The molecular formula is C26H35FN4O2. The highest BCUT2D eigenvalue weighted by Gasteiger charge is 2.48. The van der Waals surface area contributed by atoms with Crippen molar-refractivity contribution < 1.29 is 14.0 Å². The minimum atomic E-state index is -1.14. The number of benzene rings is 1. The lowest BCUT2D eigenvalue weighted by atomic mass is 9.91. The van der Waals surface area contributed by atoms with Crippen LogP contribution in [0.5, 0.6) is 0 Å². The molecule has 33 heavy (non-hydrogen) atoms. The number of amides is 2. The largest absolute Gasteiger partial charge is 0.351 e. The third kappa shape index (κ3) is 4.82. The van der Waals surface area contributed by atoms with Gasteiger partial charge in [-0.05, 0) is 43.5 Å². The lowest BCUT2D eigenvalue weighted by Gasteiger charge is -2.44. The van der Waals surface area contributed by atoms with Crippen LogP contribution in [0.1, 0.15) is 88.0 Å². The van der Waals surface area contributed by atoms with Gasteiger partial charge >= 0.3 is 0 Å². The maximum atomic E-state index is 13.9. The van der Waals surface area contributed by atoms with E-state index in [4.69, 9.17) is 5.10 Å². The zero-order valence-electron chi connectivity index (χ0n) is 20.2. The van der Waals surface area contributed by atoms with E-state index in [-0.39, 0.29) is 42.2 Å². The zero-order valence-corrected chi connectivity index (χ0v) is 20.2. The van der Waals surface area contributed by atoms with Gasteiger partial charge in [-0.2, -0.15) is 5.10 Å². The third-order valence-corrected chi connectivity index (χ3v) is 6.98. The number of carbonyl (C=O) groups is 2. The van der Waals surface area contributed by atoms with E-state index >= 15 is 0 Å². The zero-order chi connectivity index (χ0) is 23.8. The monoisotopic (exact) mass is 454 g/mol. The number of nitrogens with zero attached hydrogens (tertiary/aromatic N) is 3. The Morgan fingerprint density at radius 3 is 2.52 bits per heavy atom. The van der Waals surface area contributed by atoms with Crippen LogP contribution >= 0.6 is 0 Å². The van der Waals surface area contributed by atoms with Crippen LogP contribution in [-0.4, -0.2) is 38.1 Å². The molecule has 1 aliphatic heterocycles. The second-order valence-corrected chi connectivity index (χ2v) is 10.8. The molecule has 1 aromatic heterocycles. The lowest BCUT2D eigenvalue weighted by Crippen LogP contribution is -2.64. The second-order valence-electron chi connectivity index (χ2n) is 10.8. The van der Waals surface area contributed by atoms with Gasteiger partial charge in [-0.1, -0.05) is 58.6 Å². The number of aromatic nitrogens is 2. The molecule has 1 aliphatic carbocycles. The number of rotatable bonds is 4. The van der Waals surface area contributed by atoms with Crippen LogP contribution in [0.4, 0.5) is 4.39 Å². The topological polar surface area (TPSA) is 67.2 Å². The highest BCUT2D eigenvalue weighted by atomic mass is 19.1. The first-order valence-electron chi connectivity index (χ1n) is 12.0. The first-order chi connectivity index (χ1) is 15.6. The van der Waals surface area contributed by atoms with Crippen LogP contribution in [0.2, 0.25) is 0 Å². The fraction of sp³-hybridized carbons (Fsp3) is 0.577. The van der Waals surface area contributed by atoms with E-state index < -0.39 is 5.54 Å². The van der Waals surface area contributed by atoms with Crippen molar-refractivity contribution in [2.75, 3.05) is 0 Å². The van der Waals surface area contributed by atoms with Gasteiger partial charge in [0.2, 0.25) is 5.91 Å². The van der Waals surface area contributed by atoms with Crippen LogP contribution in [-0.2, 0) is 23.3 Å². The first kappa shape index (κ1) is 23.5. The van der Waals surface area contributed by atoms with Gasteiger partial charge in [0, 0.05) is 18.0 Å². The van der Waals surface area contributed by atoms with Crippen LogP contribution < -0.4 is 5.32 Å². The summed E-state index contributed by atoms with van der Waals surface area (Å²) in [5, 5.41) is 7.93. The van der Waals surface area contributed by atoms with E-state index in [0.29, 0.717) is 11.3 Å². The van der Waals surface area contributed by atoms with Crippen LogP contribution in [0.3, 0.4) is 0 Å². The van der Waals surface area contributed by atoms with E-state index in [1.165, 1.54) is 25.0 Å². The number of hydrogen-bond donors (Lipinski definition) is 1. The number of hydrogen-bond acceptors (Lipinski definition) is 3. The molecule has 2 aromatic rings. The molecule has 7 heteroatoms. The molecule has 2 heterocycles. The molecule has 178 valence electrons. The molecular weight excluding hydrogens is 419 g/mol. The van der Waals surface area contributed by atoms with Gasteiger partial charge < -0.3 is 10.2 Å². The fourth-order valence-corrected chi connectivity index (χ4v) is 4.84. The number of carbonyl (C=O) groups excluding carboxylic acids is 2. The lowest BCUT2D eigenvalue weighted by molar-refractivity contribution is -0.134. The quantitative estimate of drug-likeness (QED) is 0.688. The van der Waals surface area contributed by atoms with E-state index in [1.807, 2.05) is 26.8 Å². The van der Waals surface area contributed by atoms with Crippen molar-refractivity contribution in [2.24, 2.45) is 0 Å². The summed E-state index contributed by atoms with van der Waals surface area (Å²) in [4.78, 5) is 29.0. The Kier molecular flexibility index (Phi) is 6.34. The normalized spacial score (nSPS) is 22.1. The van der Waals surface area contributed by atoms with Gasteiger partial charge in [0.15, 0.2) is 0 Å².